The summed E-state index contributed by atoms with van der Waals surface area (Å²) >= 11 is 14.1. The van der Waals surface area contributed by atoms with Crippen molar-refractivity contribution in [2.45, 2.75) is 44.3 Å². The van der Waals surface area contributed by atoms with Crippen LogP contribution in [0.5, 0.6) is 0 Å². The van der Waals surface area contributed by atoms with Gasteiger partial charge in [0.15, 0.2) is 12.4 Å². The van der Waals surface area contributed by atoms with Crippen LogP contribution in [0.25, 0.3) is 5.69 Å². The highest BCUT2D eigenvalue weighted by molar-refractivity contribution is 7.99. The van der Waals surface area contributed by atoms with Gasteiger partial charge in [0.2, 0.25) is 17.0 Å². The minimum absolute atomic E-state index is 0.0409. The summed E-state index contributed by atoms with van der Waals surface area (Å²) in [6, 6.07) is 14.1. The van der Waals surface area contributed by atoms with Crippen molar-refractivity contribution in [2.75, 3.05) is 11.1 Å². The standard InChI is InChI=1S/C30H27Cl2N7O3S/c1-30(2,28(41)33-17-20-10-13-38(42)14-11-20)12-9-19-3-7-25(23(31)15-19)34-27(40)18-43-29-35-36-37-39(29)26-8-6-22(16-24(26)32)21-4-5-21/h3,6-8,10-11,13-16,21H,4-5,17-18H2,1-2H3,(H,33,41)(H,34,40). The minimum atomic E-state index is -0.983. The molecule has 1 aliphatic carbocycles. The Morgan fingerprint density at radius 1 is 1.12 bits per heavy atom. The molecule has 0 aliphatic heterocycles. The van der Waals surface area contributed by atoms with Crippen LogP contribution in [-0.4, -0.2) is 37.8 Å². The van der Waals surface area contributed by atoms with Crippen molar-refractivity contribution in [3.63, 3.8) is 0 Å². The van der Waals surface area contributed by atoms with Crippen LogP contribution in [0, 0.1) is 22.5 Å². The molecule has 2 heterocycles. The molecule has 1 aliphatic rings. The molecule has 1 saturated carbocycles. The molecule has 0 spiro atoms. The predicted molar refractivity (Wildman–Crippen MR) is 165 cm³/mol. The Morgan fingerprint density at radius 2 is 1.88 bits per heavy atom. The summed E-state index contributed by atoms with van der Waals surface area (Å²) in [5.74, 6) is 6.03. The summed E-state index contributed by atoms with van der Waals surface area (Å²) in [5, 5.41) is 29.9. The molecule has 4 aromatic rings. The van der Waals surface area contributed by atoms with Crippen molar-refractivity contribution in [1.29, 1.82) is 0 Å². The fraction of sp³-hybridized carbons (Fsp3) is 0.267. The van der Waals surface area contributed by atoms with E-state index in [9.17, 15) is 14.8 Å². The second-order valence-corrected chi connectivity index (χ2v) is 12.3. The van der Waals surface area contributed by atoms with Gasteiger partial charge in [-0.15, -0.1) is 5.10 Å². The molecular formula is C30H27Cl2N7O3S. The van der Waals surface area contributed by atoms with E-state index in [4.69, 9.17) is 23.2 Å². The number of carbonyl (C=O) groups excluding carboxylic acids is 2. The third-order valence-corrected chi connectivity index (χ3v) is 8.21. The van der Waals surface area contributed by atoms with Gasteiger partial charge in [0.25, 0.3) is 0 Å². The summed E-state index contributed by atoms with van der Waals surface area (Å²) < 4.78 is 2.20. The Labute approximate surface area is 262 Å². The third-order valence-electron chi connectivity index (χ3n) is 6.68. The highest BCUT2D eigenvalue weighted by atomic mass is 35.5. The molecule has 2 N–H and O–H groups in total. The maximum atomic E-state index is 12.7. The molecule has 220 valence electrons. The molecule has 2 aromatic carbocycles. The molecule has 10 nitrogen and oxygen atoms in total. The summed E-state index contributed by atoms with van der Waals surface area (Å²) in [6.45, 7) is 3.71. The van der Waals surface area contributed by atoms with Gasteiger partial charge in [0, 0.05) is 24.2 Å². The number of benzene rings is 2. The molecule has 2 aromatic heterocycles. The lowest BCUT2D eigenvalue weighted by Gasteiger charge is -2.17. The summed E-state index contributed by atoms with van der Waals surface area (Å²) in [6.07, 6.45) is 5.10. The first-order valence-corrected chi connectivity index (χ1v) is 15.1. The van der Waals surface area contributed by atoms with Gasteiger partial charge in [-0.25, -0.2) is 0 Å². The number of halogens is 2. The topological polar surface area (TPSA) is 129 Å². The number of pyridine rings is 1. The molecular weight excluding hydrogens is 609 g/mol. The molecule has 5 rings (SSSR count). The van der Waals surface area contributed by atoms with E-state index in [0.29, 0.717) is 42.8 Å². The SMILES string of the molecule is CC(C)(C#Cc1ccc(NC(=O)CSc2nnnn2-c2ccc(C3CC3)cc2Cl)c(Cl)c1)C(=O)NCc1cc[n+]([O-])cc1. The fourth-order valence-corrected chi connectivity index (χ4v) is 5.23. The summed E-state index contributed by atoms with van der Waals surface area (Å²) in [7, 11) is 0. The van der Waals surface area contributed by atoms with Gasteiger partial charge >= 0.3 is 0 Å². The van der Waals surface area contributed by atoms with Gasteiger partial charge in [-0.05, 0) is 84.5 Å². The van der Waals surface area contributed by atoms with E-state index >= 15 is 0 Å². The molecule has 0 saturated heterocycles. The van der Waals surface area contributed by atoms with Crippen LogP contribution in [0.15, 0.2) is 66.1 Å². The van der Waals surface area contributed by atoms with Gasteiger partial charge in [0.05, 0.1) is 27.2 Å². The van der Waals surface area contributed by atoms with Crippen LogP contribution in [0.2, 0.25) is 10.0 Å². The van der Waals surface area contributed by atoms with Crippen LogP contribution in [0.4, 0.5) is 5.69 Å². The molecule has 0 atom stereocenters. The van der Waals surface area contributed by atoms with Crippen molar-refractivity contribution in [3.05, 3.63) is 92.9 Å². The van der Waals surface area contributed by atoms with Crippen LogP contribution in [0.3, 0.4) is 0 Å². The molecule has 13 heteroatoms. The van der Waals surface area contributed by atoms with Crippen molar-refractivity contribution < 1.29 is 14.3 Å². The van der Waals surface area contributed by atoms with Crippen LogP contribution >= 0.6 is 35.0 Å². The lowest BCUT2D eigenvalue weighted by molar-refractivity contribution is -0.605. The number of hydrogen-bond donors (Lipinski definition) is 2. The maximum Gasteiger partial charge on any atom is 0.237 e. The van der Waals surface area contributed by atoms with Crippen molar-refractivity contribution in [3.8, 4) is 17.5 Å². The van der Waals surface area contributed by atoms with Crippen LogP contribution in [-0.2, 0) is 16.1 Å². The summed E-state index contributed by atoms with van der Waals surface area (Å²) in [4.78, 5) is 25.4. The van der Waals surface area contributed by atoms with Crippen molar-refractivity contribution in [2.24, 2.45) is 5.41 Å². The number of hydrogen-bond acceptors (Lipinski definition) is 7. The first kappa shape index (κ1) is 30.4. The Hall–Kier alpha value is -4.11. The lowest BCUT2D eigenvalue weighted by atomic mass is 9.92. The van der Waals surface area contributed by atoms with Crippen LogP contribution < -0.4 is 15.4 Å². The third kappa shape index (κ3) is 7.84. The van der Waals surface area contributed by atoms with Gasteiger partial charge in [-0.2, -0.15) is 9.41 Å². The minimum Gasteiger partial charge on any atom is -0.619 e. The van der Waals surface area contributed by atoms with E-state index in [1.807, 2.05) is 18.2 Å². The average Bonchev–Trinajstić information content (AvgIpc) is 3.73. The number of aromatic nitrogens is 5. The van der Waals surface area contributed by atoms with Gasteiger partial charge in [-0.1, -0.05) is 52.9 Å². The number of amides is 2. The summed E-state index contributed by atoms with van der Waals surface area (Å²) in [5.41, 5.74) is 2.68. The zero-order valence-corrected chi connectivity index (χ0v) is 25.6. The highest BCUT2D eigenvalue weighted by Crippen LogP contribution is 2.41. The quantitative estimate of drug-likeness (QED) is 0.116. The zero-order valence-electron chi connectivity index (χ0n) is 23.3. The Kier molecular flexibility index (Phi) is 9.20. The fourth-order valence-electron chi connectivity index (χ4n) is 4.05. The lowest BCUT2D eigenvalue weighted by Crippen LogP contribution is -2.35. The first-order chi connectivity index (χ1) is 20.6. The second-order valence-electron chi connectivity index (χ2n) is 10.5. The predicted octanol–water partition coefficient (Wildman–Crippen LogP) is 4.90. The normalized spacial score (nSPS) is 12.7. The molecule has 0 radical (unpaired) electrons. The maximum absolute atomic E-state index is 12.7. The zero-order chi connectivity index (χ0) is 30.6. The molecule has 43 heavy (non-hydrogen) atoms. The Morgan fingerprint density at radius 3 is 2.58 bits per heavy atom. The van der Waals surface area contributed by atoms with Crippen molar-refractivity contribution in [1.82, 2.24) is 25.5 Å². The van der Waals surface area contributed by atoms with E-state index in [1.165, 1.54) is 47.2 Å². The molecule has 0 bridgehead atoms. The van der Waals surface area contributed by atoms with E-state index in [-0.39, 0.29) is 24.1 Å². The van der Waals surface area contributed by atoms with Crippen LogP contribution in [0.1, 0.15) is 49.3 Å². The van der Waals surface area contributed by atoms with E-state index in [0.717, 1.165) is 5.56 Å². The molecule has 1 fully saturated rings. The van der Waals surface area contributed by atoms with E-state index < -0.39 is 5.41 Å². The second kappa shape index (κ2) is 13.0. The highest BCUT2D eigenvalue weighted by Gasteiger charge is 2.26. The van der Waals surface area contributed by atoms with Gasteiger partial charge in [-0.3, -0.25) is 9.59 Å². The van der Waals surface area contributed by atoms with E-state index in [1.54, 1.807) is 44.2 Å². The monoisotopic (exact) mass is 635 g/mol. The van der Waals surface area contributed by atoms with Gasteiger partial charge in [0.1, 0.15) is 5.41 Å². The number of anilines is 1. The smallest absolute Gasteiger partial charge is 0.237 e. The Balaban J connectivity index is 1.16. The first-order valence-electron chi connectivity index (χ1n) is 13.4. The van der Waals surface area contributed by atoms with Crippen molar-refractivity contribution >= 4 is 52.5 Å². The number of nitrogens with zero attached hydrogens (tertiary/aromatic N) is 5. The number of tetrazole rings is 1. The van der Waals surface area contributed by atoms with Gasteiger partial charge < -0.3 is 15.8 Å². The Bertz CT molecular complexity index is 1730. The largest absolute Gasteiger partial charge is 0.619 e. The average molecular weight is 637 g/mol. The number of thioether (sulfide) groups is 1. The molecule has 2 amide bonds. The number of nitrogens with one attached hydrogen (secondary N) is 2. The molecule has 0 unspecified atom stereocenters. The number of rotatable bonds is 9. The number of carbonyl (C=O) groups is 2. The van der Waals surface area contributed by atoms with E-state index in [2.05, 4.69) is 38.0 Å².